The molecule has 1 saturated heterocycles. The van der Waals surface area contributed by atoms with Crippen LogP contribution in [0.3, 0.4) is 0 Å². The van der Waals surface area contributed by atoms with E-state index in [4.69, 9.17) is 0 Å². The van der Waals surface area contributed by atoms with Crippen molar-refractivity contribution in [2.45, 2.75) is 18.9 Å². The van der Waals surface area contributed by atoms with Gasteiger partial charge in [0.25, 0.3) is 0 Å². The van der Waals surface area contributed by atoms with Gasteiger partial charge < -0.3 is 10.0 Å². The molecule has 0 radical (unpaired) electrons. The Hall–Kier alpha value is -1.62. The van der Waals surface area contributed by atoms with Crippen LogP contribution in [0.15, 0.2) is 23.7 Å². The molecule has 1 aliphatic heterocycles. The number of anilines is 1. The zero-order valence-electron chi connectivity index (χ0n) is 9.17. The molecule has 2 aromatic heterocycles. The van der Waals surface area contributed by atoms with Crippen LogP contribution >= 0.6 is 11.3 Å². The summed E-state index contributed by atoms with van der Waals surface area (Å²) in [5.74, 6) is -0.732. The van der Waals surface area contributed by atoms with Gasteiger partial charge in [-0.25, -0.2) is 4.79 Å². The maximum atomic E-state index is 11.2. The summed E-state index contributed by atoms with van der Waals surface area (Å²) in [6.07, 6.45) is 3.41. The fraction of sp³-hybridized carbons (Fsp3) is 0.333. The standard InChI is InChI=1S/C12H12N2O2S/c15-12(16)10-2-1-6-14(10)9-3-5-13-8-4-7-17-11(8)9/h3-5,7,10H,1-2,6H2,(H,15,16). The van der Waals surface area contributed by atoms with Crippen LogP contribution in [0.2, 0.25) is 0 Å². The van der Waals surface area contributed by atoms with E-state index < -0.39 is 5.97 Å². The molecule has 17 heavy (non-hydrogen) atoms. The van der Waals surface area contributed by atoms with E-state index in [-0.39, 0.29) is 6.04 Å². The van der Waals surface area contributed by atoms with Crippen molar-refractivity contribution >= 4 is 33.2 Å². The number of fused-ring (bicyclic) bond motifs is 1. The minimum atomic E-state index is -0.732. The summed E-state index contributed by atoms with van der Waals surface area (Å²) in [6, 6.07) is 3.50. The Morgan fingerprint density at radius 3 is 3.24 bits per heavy atom. The quantitative estimate of drug-likeness (QED) is 0.886. The van der Waals surface area contributed by atoms with Crippen LogP contribution in [0.4, 0.5) is 5.69 Å². The molecule has 88 valence electrons. The van der Waals surface area contributed by atoms with Crippen LogP contribution in [0.1, 0.15) is 12.8 Å². The summed E-state index contributed by atoms with van der Waals surface area (Å²) in [4.78, 5) is 17.5. The minimum Gasteiger partial charge on any atom is -0.480 e. The van der Waals surface area contributed by atoms with E-state index in [9.17, 15) is 9.90 Å². The molecular weight excluding hydrogens is 236 g/mol. The number of carboxylic acid groups (broad SMARTS) is 1. The number of hydrogen-bond donors (Lipinski definition) is 1. The Balaban J connectivity index is 2.08. The van der Waals surface area contributed by atoms with Gasteiger partial charge in [0.1, 0.15) is 6.04 Å². The van der Waals surface area contributed by atoms with Gasteiger partial charge in [-0.3, -0.25) is 4.98 Å². The smallest absolute Gasteiger partial charge is 0.326 e. The van der Waals surface area contributed by atoms with E-state index in [1.165, 1.54) is 0 Å². The van der Waals surface area contributed by atoms with E-state index in [1.807, 2.05) is 22.4 Å². The lowest BCUT2D eigenvalue weighted by Crippen LogP contribution is -2.35. The van der Waals surface area contributed by atoms with Crippen LogP contribution in [-0.4, -0.2) is 28.6 Å². The number of thiophene rings is 1. The monoisotopic (exact) mass is 248 g/mol. The second-order valence-corrected chi connectivity index (χ2v) is 5.07. The molecule has 0 bridgehead atoms. The first kappa shape index (κ1) is 10.5. The average molecular weight is 248 g/mol. The number of aromatic nitrogens is 1. The highest BCUT2D eigenvalue weighted by molar-refractivity contribution is 7.17. The number of rotatable bonds is 2. The second kappa shape index (κ2) is 4.00. The van der Waals surface area contributed by atoms with Crippen molar-refractivity contribution in [1.29, 1.82) is 0 Å². The Morgan fingerprint density at radius 2 is 2.41 bits per heavy atom. The summed E-state index contributed by atoms with van der Waals surface area (Å²) < 4.78 is 1.08. The molecule has 3 rings (SSSR count). The van der Waals surface area contributed by atoms with Gasteiger partial charge in [0, 0.05) is 12.7 Å². The SMILES string of the molecule is O=C(O)C1CCCN1c1ccnc2ccsc12. The number of pyridine rings is 1. The third kappa shape index (κ3) is 1.67. The zero-order valence-corrected chi connectivity index (χ0v) is 9.98. The van der Waals surface area contributed by atoms with E-state index in [2.05, 4.69) is 4.98 Å². The molecule has 0 spiro atoms. The van der Waals surface area contributed by atoms with Gasteiger partial charge in [-0.1, -0.05) is 0 Å². The predicted molar refractivity (Wildman–Crippen MR) is 67.6 cm³/mol. The first-order valence-electron chi connectivity index (χ1n) is 5.59. The van der Waals surface area contributed by atoms with Gasteiger partial charge in [0.2, 0.25) is 0 Å². The fourth-order valence-corrected chi connectivity index (χ4v) is 3.28. The molecule has 3 heterocycles. The second-order valence-electron chi connectivity index (χ2n) is 4.15. The Morgan fingerprint density at radius 1 is 1.53 bits per heavy atom. The van der Waals surface area contributed by atoms with Crippen molar-refractivity contribution in [1.82, 2.24) is 4.98 Å². The molecule has 1 aliphatic rings. The van der Waals surface area contributed by atoms with E-state index in [0.717, 1.165) is 35.3 Å². The Kier molecular flexibility index (Phi) is 2.48. The van der Waals surface area contributed by atoms with E-state index >= 15 is 0 Å². The molecule has 0 amide bonds. The summed E-state index contributed by atoms with van der Waals surface area (Å²) in [5.41, 5.74) is 1.96. The van der Waals surface area contributed by atoms with Gasteiger partial charge in [-0.15, -0.1) is 11.3 Å². The predicted octanol–water partition coefficient (Wildman–Crippen LogP) is 2.35. The molecule has 5 heteroatoms. The van der Waals surface area contributed by atoms with Gasteiger partial charge in [0.15, 0.2) is 0 Å². The lowest BCUT2D eigenvalue weighted by atomic mass is 10.2. The summed E-state index contributed by atoms with van der Waals surface area (Å²) in [6.45, 7) is 0.813. The number of carboxylic acids is 1. The van der Waals surface area contributed by atoms with Crippen molar-refractivity contribution < 1.29 is 9.90 Å². The average Bonchev–Trinajstić information content (AvgIpc) is 2.97. The lowest BCUT2D eigenvalue weighted by Gasteiger charge is -2.23. The van der Waals surface area contributed by atoms with Crippen LogP contribution in [-0.2, 0) is 4.79 Å². The van der Waals surface area contributed by atoms with Crippen LogP contribution < -0.4 is 4.90 Å². The molecule has 0 aliphatic carbocycles. The van der Waals surface area contributed by atoms with Crippen LogP contribution in [0.5, 0.6) is 0 Å². The number of nitrogens with zero attached hydrogens (tertiary/aromatic N) is 2. The van der Waals surface area contributed by atoms with Crippen molar-refractivity contribution in [3.8, 4) is 0 Å². The van der Waals surface area contributed by atoms with Crippen LogP contribution in [0, 0.1) is 0 Å². The molecule has 4 nitrogen and oxygen atoms in total. The highest BCUT2D eigenvalue weighted by Crippen LogP contribution is 2.34. The first-order chi connectivity index (χ1) is 8.27. The van der Waals surface area contributed by atoms with E-state index in [0.29, 0.717) is 0 Å². The van der Waals surface area contributed by atoms with Crippen molar-refractivity contribution in [2.75, 3.05) is 11.4 Å². The Labute approximate surface area is 103 Å². The summed E-state index contributed by atoms with van der Waals surface area (Å²) in [5, 5.41) is 11.2. The normalized spacial score (nSPS) is 20.0. The minimum absolute atomic E-state index is 0.386. The number of aliphatic carboxylic acids is 1. The largest absolute Gasteiger partial charge is 0.480 e. The molecule has 0 saturated carbocycles. The molecule has 1 fully saturated rings. The van der Waals surface area contributed by atoms with Crippen molar-refractivity contribution in [2.24, 2.45) is 0 Å². The molecular formula is C12H12N2O2S. The lowest BCUT2D eigenvalue weighted by molar-refractivity contribution is -0.138. The van der Waals surface area contributed by atoms with Crippen molar-refractivity contribution in [3.05, 3.63) is 23.7 Å². The first-order valence-corrected chi connectivity index (χ1v) is 6.47. The molecule has 1 unspecified atom stereocenters. The summed E-state index contributed by atoms with van der Waals surface area (Å²) in [7, 11) is 0. The van der Waals surface area contributed by atoms with E-state index in [1.54, 1.807) is 17.5 Å². The van der Waals surface area contributed by atoms with Crippen LogP contribution in [0.25, 0.3) is 10.2 Å². The fourth-order valence-electron chi connectivity index (χ4n) is 2.40. The van der Waals surface area contributed by atoms with Gasteiger partial charge in [-0.05, 0) is 30.4 Å². The zero-order chi connectivity index (χ0) is 11.8. The highest BCUT2D eigenvalue weighted by atomic mass is 32.1. The Bertz CT molecular complexity index is 566. The molecule has 2 aromatic rings. The molecule has 1 atom stereocenters. The van der Waals surface area contributed by atoms with Crippen molar-refractivity contribution in [3.63, 3.8) is 0 Å². The number of carbonyl (C=O) groups is 1. The third-order valence-electron chi connectivity index (χ3n) is 3.17. The van der Waals surface area contributed by atoms with Gasteiger partial charge in [0.05, 0.1) is 15.9 Å². The molecule has 0 aromatic carbocycles. The maximum absolute atomic E-state index is 11.2. The van der Waals surface area contributed by atoms with Gasteiger partial charge in [-0.2, -0.15) is 0 Å². The molecule has 1 N–H and O–H groups in total. The van der Waals surface area contributed by atoms with Gasteiger partial charge >= 0.3 is 5.97 Å². The topological polar surface area (TPSA) is 53.4 Å². The summed E-state index contributed by atoms with van der Waals surface area (Å²) >= 11 is 1.62. The third-order valence-corrected chi connectivity index (χ3v) is 4.10. The number of hydrogen-bond acceptors (Lipinski definition) is 4. The highest BCUT2D eigenvalue weighted by Gasteiger charge is 2.31. The maximum Gasteiger partial charge on any atom is 0.326 e.